The van der Waals surface area contributed by atoms with Crippen LogP contribution in [0.3, 0.4) is 0 Å². The zero-order chi connectivity index (χ0) is 9.10. The topological polar surface area (TPSA) is 33.5 Å². The largest absolute Gasteiger partial charge is 0.459 e. The van der Waals surface area contributed by atoms with Crippen molar-refractivity contribution in [1.82, 2.24) is 4.90 Å². The highest BCUT2D eigenvalue weighted by Gasteiger charge is 2.19. The summed E-state index contributed by atoms with van der Waals surface area (Å²) in [6.45, 7) is 1.64. The smallest absolute Gasteiger partial charge is 0.289 e. The van der Waals surface area contributed by atoms with Crippen molar-refractivity contribution >= 4 is 5.91 Å². The molecule has 0 saturated carbocycles. The average molecular weight is 178 g/mol. The van der Waals surface area contributed by atoms with Gasteiger partial charge in [0, 0.05) is 13.1 Å². The lowest BCUT2D eigenvalue weighted by Gasteiger charge is -2.25. The molecule has 2 rings (SSSR count). The van der Waals surface area contributed by atoms with Gasteiger partial charge in [0.1, 0.15) is 0 Å². The van der Waals surface area contributed by atoms with Gasteiger partial charge in [0.05, 0.1) is 6.26 Å². The summed E-state index contributed by atoms with van der Waals surface area (Å²) in [6.07, 6.45) is 5.73. The number of carbonyl (C=O) groups excluding carboxylic acids is 1. The lowest BCUT2D eigenvalue weighted by Crippen LogP contribution is -2.35. The van der Waals surface area contributed by atoms with Crippen LogP contribution in [0.1, 0.15) is 23.4 Å². The van der Waals surface area contributed by atoms with E-state index in [-0.39, 0.29) is 5.91 Å². The van der Waals surface area contributed by atoms with Crippen LogP contribution in [0.15, 0.2) is 22.8 Å². The molecule has 3 heteroatoms. The fourth-order valence-corrected chi connectivity index (χ4v) is 1.51. The highest BCUT2D eigenvalue weighted by molar-refractivity contribution is 5.91. The molecule has 2 heterocycles. The molecule has 0 bridgehead atoms. The first kappa shape index (κ1) is 8.35. The van der Waals surface area contributed by atoms with Gasteiger partial charge in [-0.05, 0) is 31.4 Å². The van der Waals surface area contributed by atoms with Crippen LogP contribution in [-0.4, -0.2) is 23.9 Å². The zero-order valence-corrected chi connectivity index (χ0v) is 7.40. The van der Waals surface area contributed by atoms with Gasteiger partial charge in [-0.25, -0.2) is 0 Å². The van der Waals surface area contributed by atoms with Gasteiger partial charge in [-0.2, -0.15) is 0 Å². The minimum Gasteiger partial charge on any atom is -0.459 e. The minimum absolute atomic E-state index is 0.0121. The molecule has 3 nitrogen and oxygen atoms in total. The number of hydrogen-bond acceptors (Lipinski definition) is 2. The number of hydrogen-bond donors (Lipinski definition) is 0. The molecule has 1 aromatic rings. The van der Waals surface area contributed by atoms with Gasteiger partial charge < -0.3 is 9.32 Å². The monoisotopic (exact) mass is 178 g/mol. The second-order valence-electron chi connectivity index (χ2n) is 3.14. The Morgan fingerprint density at radius 2 is 2.15 bits per heavy atom. The fourth-order valence-electron chi connectivity index (χ4n) is 1.51. The van der Waals surface area contributed by atoms with Gasteiger partial charge in [-0.15, -0.1) is 0 Å². The van der Waals surface area contributed by atoms with E-state index in [1.807, 2.05) is 4.90 Å². The van der Waals surface area contributed by atoms with E-state index in [1.165, 1.54) is 6.26 Å². The molecule has 0 spiro atoms. The number of rotatable bonds is 1. The molecule has 1 fully saturated rings. The van der Waals surface area contributed by atoms with Crippen LogP contribution in [0, 0.1) is 6.42 Å². The predicted molar refractivity (Wildman–Crippen MR) is 48.1 cm³/mol. The van der Waals surface area contributed by atoms with E-state index in [2.05, 4.69) is 6.42 Å². The first-order valence-electron chi connectivity index (χ1n) is 4.52. The predicted octanol–water partition coefficient (Wildman–Crippen LogP) is 1.72. The lowest BCUT2D eigenvalue weighted by atomic mass is 10.1. The summed E-state index contributed by atoms with van der Waals surface area (Å²) in [5.41, 5.74) is 0. The molecule has 1 aliphatic heterocycles. The SMILES string of the molecule is O=C(c1ccco1)N1CC[CH]CC1. The van der Waals surface area contributed by atoms with Gasteiger partial charge in [0.2, 0.25) is 0 Å². The van der Waals surface area contributed by atoms with Crippen molar-refractivity contribution in [1.29, 1.82) is 0 Å². The van der Waals surface area contributed by atoms with Crippen LogP contribution < -0.4 is 0 Å². The van der Waals surface area contributed by atoms with E-state index >= 15 is 0 Å². The molecule has 1 amide bonds. The summed E-state index contributed by atoms with van der Waals surface area (Å²) < 4.78 is 5.05. The summed E-state index contributed by atoms with van der Waals surface area (Å²) >= 11 is 0. The van der Waals surface area contributed by atoms with Crippen LogP contribution >= 0.6 is 0 Å². The van der Waals surface area contributed by atoms with Gasteiger partial charge >= 0.3 is 0 Å². The number of carbonyl (C=O) groups is 1. The standard InChI is InChI=1S/C10H12NO2/c12-10(9-5-4-8-13-9)11-6-2-1-3-7-11/h1,4-5,8H,2-3,6-7H2. The summed E-state index contributed by atoms with van der Waals surface area (Å²) in [5.74, 6) is 0.458. The number of likely N-dealkylation sites (tertiary alicyclic amines) is 1. The maximum absolute atomic E-state index is 11.7. The number of piperidine rings is 1. The van der Waals surface area contributed by atoms with Gasteiger partial charge in [-0.1, -0.05) is 0 Å². The first-order valence-corrected chi connectivity index (χ1v) is 4.52. The molecule has 0 aromatic carbocycles. The molecule has 1 radical (unpaired) electrons. The normalized spacial score (nSPS) is 17.4. The Morgan fingerprint density at radius 1 is 1.38 bits per heavy atom. The van der Waals surface area contributed by atoms with E-state index < -0.39 is 0 Å². The van der Waals surface area contributed by atoms with Crippen LogP contribution in [0.2, 0.25) is 0 Å². The molecule has 0 N–H and O–H groups in total. The Hall–Kier alpha value is -1.25. The van der Waals surface area contributed by atoms with Crippen LogP contribution in [0.5, 0.6) is 0 Å². The maximum Gasteiger partial charge on any atom is 0.289 e. The molecule has 1 aliphatic rings. The molecule has 1 aromatic heterocycles. The molecule has 69 valence electrons. The van der Waals surface area contributed by atoms with Crippen molar-refractivity contribution in [3.8, 4) is 0 Å². The lowest BCUT2D eigenvalue weighted by molar-refractivity contribution is 0.0710. The van der Waals surface area contributed by atoms with Crippen LogP contribution in [0.25, 0.3) is 0 Å². The number of furan rings is 1. The molecule has 13 heavy (non-hydrogen) atoms. The molecule has 0 unspecified atom stereocenters. The Balaban J connectivity index is 2.04. The van der Waals surface area contributed by atoms with Gasteiger partial charge in [0.25, 0.3) is 5.91 Å². The first-order chi connectivity index (χ1) is 6.38. The Morgan fingerprint density at radius 3 is 2.77 bits per heavy atom. The number of amides is 1. The van der Waals surface area contributed by atoms with Crippen molar-refractivity contribution in [2.75, 3.05) is 13.1 Å². The molecular weight excluding hydrogens is 166 g/mol. The maximum atomic E-state index is 11.7. The quantitative estimate of drug-likeness (QED) is 0.656. The summed E-state index contributed by atoms with van der Waals surface area (Å²) in [7, 11) is 0. The average Bonchev–Trinajstić information content (AvgIpc) is 2.71. The van der Waals surface area contributed by atoms with E-state index in [9.17, 15) is 4.79 Å². The Bertz CT molecular complexity index is 273. The number of nitrogens with zero attached hydrogens (tertiary/aromatic N) is 1. The van der Waals surface area contributed by atoms with E-state index in [4.69, 9.17) is 4.42 Å². The Kier molecular flexibility index (Phi) is 2.34. The highest BCUT2D eigenvalue weighted by atomic mass is 16.3. The van der Waals surface area contributed by atoms with Crippen molar-refractivity contribution in [2.24, 2.45) is 0 Å². The minimum atomic E-state index is 0.0121. The molecule has 1 saturated heterocycles. The second-order valence-corrected chi connectivity index (χ2v) is 3.14. The van der Waals surface area contributed by atoms with Gasteiger partial charge in [0.15, 0.2) is 5.76 Å². The zero-order valence-electron chi connectivity index (χ0n) is 7.40. The van der Waals surface area contributed by atoms with Crippen LogP contribution in [-0.2, 0) is 0 Å². The fraction of sp³-hybridized carbons (Fsp3) is 0.400. The second kappa shape index (κ2) is 3.64. The summed E-state index contributed by atoms with van der Waals surface area (Å²) in [4.78, 5) is 13.5. The van der Waals surface area contributed by atoms with E-state index in [0.717, 1.165) is 25.9 Å². The molecular formula is C10H12NO2. The van der Waals surface area contributed by atoms with Crippen LogP contribution in [0.4, 0.5) is 0 Å². The third kappa shape index (κ3) is 1.74. The van der Waals surface area contributed by atoms with Gasteiger partial charge in [-0.3, -0.25) is 4.79 Å². The van der Waals surface area contributed by atoms with E-state index in [0.29, 0.717) is 5.76 Å². The third-order valence-electron chi connectivity index (χ3n) is 2.23. The van der Waals surface area contributed by atoms with E-state index in [1.54, 1.807) is 12.1 Å². The van der Waals surface area contributed by atoms with Crippen molar-refractivity contribution in [3.05, 3.63) is 30.6 Å². The third-order valence-corrected chi connectivity index (χ3v) is 2.23. The summed E-state index contributed by atoms with van der Waals surface area (Å²) in [5, 5.41) is 0. The Labute approximate surface area is 77.3 Å². The van der Waals surface area contributed by atoms with Crippen molar-refractivity contribution in [2.45, 2.75) is 12.8 Å². The molecule has 0 aliphatic carbocycles. The molecule has 0 atom stereocenters. The van der Waals surface area contributed by atoms with Crippen molar-refractivity contribution in [3.63, 3.8) is 0 Å². The highest BCUT2D eigenvalue weighted by Crippen LogP contribution is 2.12. The summed E-state index contributed by atoms with van der Waals surface area (Å²) in [6, 6.07) is 3.45. The van der Waals surface area contributed by atoms with Crippen molar-refractivity contribution < 1.29 is 9.21 Å².